The number of benzene rings is 1. The van der Waals surface area contributed by atoms with Crippen molar-refractivity contribution in [1.29, 1.82) is 0 Å². The molecule has 0 aromatic heterocycles. The fourth-order valence-electron chi connectivity index (χ4n) is 0.743. The van der Waals surface area contributed by atoms with Gasteiger partial charge in [-0.15, -0.1) is 0 Å². The predicted molar refractivity (Wildman–Crippen MR) is 56.5 cm³/mol. The summed E-state index contributed by atoms with van der Waals surface area (Å²) in [6.07, 6.45) is 5.39. The molecule has 0 amide bonds. The molecule has 1 rings (SSSR count). The van der Waals surface area contributed by atoms with Crippen LogP contribution in [-0.4, -0.2) is 6.21 Å². The average Bonchev–Trinajstić information content (AvgIpc) is 2.14. The molecule has 0 aliphatic rings. The second kappa shape index (κ2) is 5.84. The summed E-state index contributed by atoms with van der Waals surface area (Å²) < 4.78 is 0. The van der Waals surface area contributed by atoms with Gasteiger partial charge in [0.2, 0.25) is 0 Å². The zero-order valence-electron chi connectivity index (χ0n) is 6.59. The van der Waals surface area contributed by atoms with E-state index in [2.05, 4.69) is 17.6 Å². The summed E-state index contributed by atoms with van der Waals surface area (Å²) in [5.41, 5.74) is 0.960. The van der Waals surface area contributed by atoms with Crippen molar-refractivity contribution >= 4 is 24.5 Å². The molecule has 0 atom stereocenters. The highest BCUT2D eigenvalue weighted by Gasteiger charge is 1.83. The van der Waals surface area contributed by atoms with Gasteiger partial charge in [-0.05, 0) is 18.6 Å². The van der Waals surface area contributed by atoms with Crippen molar-refractivity contribution in [1.82, 2.24) is 0 Å². The molecule has 0 aliphatic heterocycles. The van der Waals surface area contributed by atoms with Crippen LogP contribution >= 0.6 is 12.6 Å². The number of unbranched alkanes of at least 4 members (excludes halogenated alkanes) is 1. The highest BCUT2D eigenvalue weighted by atomic mass is 32.1. The van der Waals surface area contributed by atoms with Crippen molar-refractivity contribution in [3.05, 3.63) is 48.9 Å². The van der Waals surface area contributed by atoms with E-state index in [1.165, 1.54) is 0 Å². The number of hydrogen-bond acceptors (Lipinski definition) is 2. The lowest BCUT2D eigenvalue weighted by Gasteiger charge is -1.90. The zero-order chi connectivity index (χ0) is 8.65. The van der Waals surface area contributed by atoms with E-state index in [4.69, 9.17) is 0 Å². The Kier molecular flexibility index (Phi) is 4.54. The second-order valence-corrected chi connectivity index (χ2v) is 2.45. The van der Waals surface area contributed by atoms with Gasteiger partial charge in [0.15, 0.2) is 0 Å². The molecule has 61 valence electrons. The lowest BCUT2D eigenvalue weighted by atomic mass is 10.3. The van der Waals surface area contributed by atoms with Gasteiger partial charge in [-0.3, -0.25) is 4.99 Å². The summed E-state index contributed by atoms with van der Waals surface area (Å²) in [4.78, 5) is 4.18. The minimum Gasteiger partial charge on any atom is -0.261 e. The van der Waals surface area contributed by atoms with E-state index < -0.39 is 0 Å². The molecule has 0 spiro atoms. The van der Waals surface area contributed by atoms with Gasteiger partial charge in [-0.1, -0.05) is 18.2 Å². The van der Waals surface area contributed by atoms with Crippen molar-refractivity contribution in [2.45, 2.75) is 0 Å². The van der Waals surface area contributed by atoms with E-state index in [0.29, 0.717) is 0 Å². The molecule has 0 bridgehead atoms. The normalized spacial score (nSPS) is 10.8. The highest BCUT2D eigenvalue weighted by molar-refractivity contribution is 7.82. The lowest BCUT2D eigenvalue weighted by Crippen LogP contribution is -1.76. The van der Waals surface area contributed by atoms with Gasteiger partial charge < -0.3 is 0 Å². The maximum absolute atomic E-state index is 4.18. The first-order chi connectivity index (χ1) is 5.93. The summed E-state index contributed by atoms with van der Waals surface area (Å²) in [5, 5.41) is 0. The Balaban J connectivity index is 2.36. The van der Waals surface area contributed by atoms with Gasteiger partial charge >= 0.3 is 0 Å². The van der Waals surface area contributed by atoms with Crippen LogP contribution in [0.2, 0.25) is 0 Å². The first-order valence-corrected chi connectivity index (χ1v) is 4.17. The fraction of sp³-hybridized carbons (Fsp3) is 0. The number of rotatable bonds is 4. The van der Waals surface area contributed by atoms with Crippen molar-refractivity contribution in [3.8, 4) is 0 Å². The lowest BCUT2D eigenvalue weighted by molar-refractivity contribution is 1.52. The first kappa shape index (κ1) is 9.33. The quantitative estimate of drug-likeness (QED) is 0.411. The molecule has 1 nitrogen and oxygen atoms in total. The Labute approximate surface area is 78.9 Å². The topological polar surface area (TPSA) is 12.4 Å². The van der Waals surface area contributed by atoms with E-state index in [9.17, 15) is 0 Å². The first-order valence-electron chi connectivity index (χ1n) is 3.65. The third-order valence-electron chi connectivity index (χ3n) is 1.26. The van der Waals surface area contributed by atoms with Gasteiger partial charge in [-0.2, -0.15) is 12.6 Å². The Bertz CT molecular complexity index is 231. The predicted octanol–water partition coefficient (Wildman–Crippen LogP) is 2.89. The van der Waals surface area contributed by atoms with Crippen molar-refractivity contribution in [2.24, 2.45) is 4.99 Å². The SMILES string of the molecule is S[CH][CH][CH]C=Nc1ccccc1. The van der Waals surface area contributed by atoms with Crippen LogP contribution in [0.5, 0.6) is 0 Å². The monoisotopic (exact) mass is 176 g/mol. The molecule has 1 aromatic rings. The molecule has 3 radical (unpaired) electrons. The third-order valence-corrected chi connectivity index (χ3v) is 1.44. The van der Waals surface area contributed by atoms with Gasteiger partial charge in [0, 0.05) is 18.4 Å². The molecule has 2 heteroatoms. The van der Waals surface area contributed by atoms with Crippen molar-refractivity contribution < 1.29 is 0 Å². The second-order valence-electron chi connectivity index (χ2n) is 2.15. The number of hydrogen-bond donors (Lipinski definition) is 1. The summed E-state index contributed by atoms with van der Waals surface area (Å²) in [6, 6.07) is 9.79. The molecule has 12 heavy (non-hydrogen) atoms. The summed E-state index contributed by atoms with van der Waals surface area (Å²) in [6.45, 7) is 0. The number of para-hydroxylation sites is 1. The van der Waals surface area contributed by atoms with Crippen LogP contribution in [0.15, 0.2) is 35.3 Å². The standard InChI is InChI=1S/C10H10NS/c12-9-5-4-8-11-10-6-2-1-3-7-10/h1-9,12H. The van der Waals surface area contributed by atoms with Crippen LogP contribution in [0.3, 0.4) is 0 Å². The maximum atomic E-state index is 4.18. The van der Waals surface area contributed by atoms with Gasteiger partial charge in [-0.25, -0.2) is 0 Å². The van der Waals surface area contributed by atoms with E-state index in [1.54, 1.807) is 12.0 Å². The fourth-order valence-corrected chi connectivity index (χ4v) is 0.842. The van der Waals surface area contributed by atoms with Gasteiger partial charge in [0.1, 0.15) is 0 Å². The summed E-state index contributed by atoms with van der Waals surface area (Å²) in [7, 11) is 0. The van der Waals surface area contributed by atoms with Crippen molar-refractivity contribution in [3.63, 3.8) is 0 Å². The summed E-state index contributed by atoms with van der Waals surface area (Å²) >= 11 is 3.91. The molecule has 0 unspecified atom stereocenters. The van der Waals surface area contributed by atoms with E-state index in [-0.39, 0.29) is 0 Å². The maximum Gasteiger partial charge on any atom is 0.0625 e. The van der Waals surface area contributed by atoms with Crippen LogP contribution in [0, 0.1) is 18.6 Å². The molecule has 0 fully saturated rings. The Morgan fingerprint density at radius 3 is 2.50 bits per heavy atom. The number of nitrogens with zero attached hydrogens (tertiary/aromatic N) is 1. The van der Waals surface area contributed by atoms with E-state index >= 15 is 0 Å². The number of thiol groups is 1. The molecular weight excluding hydrogens is 166 g/mol. The van der Waals surface area contributed by atoms with Crippen LogP contribution < -0.4 is 0 Å². The molecule has 0 N–H and O–H groups in total. The largest absolute Gasteiger partial charge is 0.261 e. The Morgan fingerprint density at radius 1 is 1.08 bits per heavy atom. The molecule has 0 saturated heterocycles. The highest BCUT2D eigenvalue weighted by Crippen LogP contribution is 2.08. The smallest absolute Gasteiger partial charge is 0.0625 e. The molecule has 1 aromatic carbocycles. The van der Waals surface area contributed by atoms with Crippen LogP contribution in [-0.2, 0) is 0 Å². The molecule has 0 saturated carbocycles. The summed E-state index contributed by atoms with van der Waals surface area (Å²) in [5.74, 6) is 1.66. The Hall–Kier alpha value is -0.760. The van der Waals surface area contributed by atoms with Crippen LogP contribution in [0.1, 0.15) is 0 Å². The minimum absolute atomic E-state index is 0.960. The van der Waals surface area contributed by atoms with Gasteiger partial charge in [0.25, 0.3) is 0 Å². The minimum atomic E-state index is 0.960. The van der Waals surface area contributed by atoms with Crippen LogP contribution in [0.25, 0.3) is 0 Å². The molecular formula is C10H10NS. The molecule has 0 aliphatic carbocycles. The van der Waals surface area contributed by atoms with Crippen LogP contribution in [0.4, 0.5) is 5.69 Å². The van der Waals surface area contributed by atoms with E-state index in [0.717, 1.165) is 5.69 Å². The van der Waals surface area contributed by atoms with Crippen molar-refractivity contribution in [2.75, 3.05) is 0 Å². The third kappa shape index (κ3) is 3.58. The van der Waals surface area contributed by atoms with Gasteiger partial charge in [0.05, 0.1) is 5.69 Å². The van der Waals surface area contributed by atoms with E-state index in [1.807, 2.05) is 43.2 Å². The zero-order valence-corrected chi connectivity index (χ0v) is 7.49. The average molecular weight is 176 g/mol. The number of aliphatic imine (C=N–C) groups is 1. The Morgan fingerprint density at radius 2 is 1.83 bits per heavy atom. The molecule has 0 heterocycles.